The molecule has 0 aliphatic heterocycles. The summed E-state index contributed by atoms with van der Waals surface area (Å²) in [5, 5.41) is 4.55. The smallest absolute Gasteiger partial charge is 0.129 e. The summed E-state index contributed by atoms with van der Waals surface area (Å²) >= 11 is 1.72. The summed E-state index contributed by atoms with van der Waals surface area (Å²) in [5.41, 5.74) is 9.12. The molecule has 3 rings (SSSR count). The Labute approximate surface area is 115 Å². The Morgan fingerprint density at radius 2 is 1.89 bits per heavy atom. The van der Waals surface area contributed by atoms with E-state index in [0.717, 1.165) is 21.7 Å². The molecule has 0 aromatic carbocycles. The molecule has 19 heavy (non-hydrogen) atoms. The lowest BCUT2D eigenvalue weighted by Crippen LogP contribution is -1.97. The second-order valence-corrected chi connectivity index (χ2v) is 5.67. The maximum absolute atomic E-state index is 6.16. The Balaban J connectivity index is 2.24. The van der Waals surface area contributed by atoms with Crippen LogP contribution in [0.15, 0.2) is 36.7 Å². The normalized spacial score (nSPS) is 10.8. The summed E-state index contributed by atoms with van der Waals surface area (Å²) in [6, 6.07) is 8.10. The van der Waals surface area contributed by atoms with E-state index < -0.39 is 0 Å². The van der Waals surface area contributed by atoms with Gasteiger partial charge in [-0.2, -0.15) is 5.10 Å². The first-order chi connectivity index (χ1) is 9.16. The fraction of sp³-hybridized carbons (Fsp3) is 0.143. The Kier molecular flexibility index (Phi) is 2.83. The molecule has 0 spiro atoms. The van der Waals surface area contributed by atoms with Gasteiger partial charge in [-0.25, -0.2) is 0 Å². The first-order valence-corrected chi connectivity index (χ1v) is 6.78. The van der Waals surface area contributed by atoms with E-state index in [4.69, 9.17) is 5.73 Å². The third kappa shape index (κ3) is 2.02. The quantitative estimate of drug-likeness (QED) is 0.778. The first-order valence-electron chi connectivity index (χ1n) is 5.96. The van der Waals surface area contributed by atoms with Crippen LogP contribution in [-0.4, -0.2) is 14.8 Å². The molecule has 0 saturated carbocycles. The number of pyridine rings is 1. The van der Waals surface area contributed by atoms with Gasteiger partial charge in [0, 0.05) is 24.3 Å². The molecule has 0 amide bonds. The van der Waals surface area contributed by atoms with Gasteiger partial charge in [-0.15, -0.1) is 11.3 Å². The number of aryl methyl sites for hydroxylation is 2. The van der Waals surface area contributed by atoms with Gasteiger partial charge < -0.3 is 5.73 Å². The van der Waals surface area contributed by atoms with Crippen molar-refractivity contribution in [2.75, 3.05) is 5.73 Å². The zero-order valence-corrected chi connectivity index (χ0v) is 11.6. The van der Waals surface area contributed by atoms with Crippen LogP contribution in [0, 0.1) is 6.92 Å². The van der Waals surface area contributed by atoms with E-state index in [9.17, 15) is 0 Å². The first kappa shape index (κ1) is 11.9. The van der Waals surface area contributed by atoms with Crippen LogP contribution < -0.4 is 5.73 Å². The van der Waals surface area contributed by atoms with Crippen molar-refractivity contribution in [3.8, 4) is 21.7 Å². The molecule has 0 fully saturated rings. The van der Waals surface area contributed by atoms with E-state index in [0.29, 0.717) is 5.82 Å². The fourth-order valence-electron chi connectivity index (χ4n) is 2.07. The minimum absolute atomic E-state index is 0.673. The van der Waals surface area contributed by atoms with E-state index in [1.54, 1.807) is 28.4 Å². The summed E-state index contributed by atoms with van der Waals surface area (Å²) < 4.78 is 1.72. The zero-order chi connectivity index (χ0) is 13.4. The second kappa shape index (κ2) is 4.51. The summed E-state index contributed by atoms with van der Waals surface area (Å²) in [7, 11) is 1.87. The van der Waals surface area contributed by atoms with Gasteiger partial charge in [-0.3, -0.25) is 9.67 Å². The predicted molar refractivity (Wildman–Crippen MR) is 78.9 cm³/mol. The SMILES string of the molecule is Cc1ccc(-c2nn(C)c(N)c2-c2ccncc2)s1. The Hall–Kier alpha value is -2.14. The summed E-state index contributed by atoms with van der Waals surface area (Å²) in [6.07, 6.45) is 3.54. The molecule has 2 N–H and O–H groups in total. The maximum Gasteiger partial charge on any atom is 0.129 e. The minimum atomic E-state index is 0.673. The molecule has 3 aromatic rings. The summed E-state index contributed by atoms with van der Waals surface area (Å²) in [6.45, 7) is 2.09. The second-order valence-electron chi connectivity index (χ2n) is 4.38. The van der Waals surface area contributed by atoms with Crippen LogP contribution in [0.1, 0.15) is 4.88 Å². The highest BCUT2D eigenvalue weighted by Gasteiger charge is 2.18. The molecule has 0 aliphatic carbocycles. The average Bonchev–Trinajstić information content (AvgIpc) is 2.96. The third-order valence-electron chi connectivity index (χ3n) is 3.03. The van der Waals surface area contributed by atoms with Crippen molar-refractivity contribution in [1.82, 2.24) is 14.8 Å². The van der Waals surface area contributed by atoms with Crippen LogP contribution >= 0.6 is 11.3 Å². The largest absolute Gasteiger partial charge is 0.383 e. The van der Waals surface area contributed by atoms with Crippen molar-refractivity contribution < 1.29 is 0 Å². The molecule has 0 radical (unpaired) electrons. The number of hydrogen-bond donors (Lipinski definition) is 1. The Morgan fingerprint density at radius 1 is 1.16 bits per heavy atom. The van der Waals surface area contributed by atoms with Gasteiger partial charge >= 0.3 is 0 Å². The lowest BCUT2D eigenvalue weighted by atomic mass is 10.1. The molecule has 0 saturated heterocycles. The number of nitrogen functional groups attached to an aromatic ring is 1. The molecule has 4 nitrogen and oxygen atoms in total. The molecule has 0 bridgehead atoms. The van der Waals surface area contributed by atoms with E-state index >= 15 is 0 Å². The van der Waals surface area contributed by atoms with E-state index in [1.807, 2.05) is 19.2 Å². The number of nitrogens with two attached hydrogens (primary N) is 1. The summed E-state index contributed by atoms with van der Waals surface area (Å²) in [4.78, 5) is 6.45. The average molecular weight is 270 g/mol. The molecule has 96 valence electrons. The van der Waals surface area contributed by atoms with Crippen LogP contribution in [0.5, 0.6) is 0 Å². The Bertz CT molecular complexity index is 712. The molecule has 3 heterocycles. The van der Waals surface area contributed by atoms with Crippen LogP contribution in [-0.2, 0) is 7.05 Å². The molecule has 0 unspecified atom stereocenters. The molecule has 3 aromatic heterocycles. The van der Waals surface area contributed by atoms with Crippen LogP contribution in [0.4, 0.5) is 5.82 Å². The number of hydrogen-bond acceptors (Lipinski definition) is 4. The van der Waals surface area contributed by atoms with Crippen molar-refractivity contribution in [1.29, 1.82) is 0 Å². The van der Waals surface area contributed by atoms with Crippen molar-refractivity contribution in [3.05, 3.63) is 41.5 Å². The van der Waals surface area contributed by atoms with E-state index in [1.165, 1.54) is 4.88 Å². The summed E-state index contributed by atoms with van der Waals surface area (Å²) in [5.74, 6) is 0.673. The topological polar surface area (TPSA) is 56.7 Å². The highest BCUT2D eigenvalue weighted by Crippen LogP contribution is 2.38. The zero-order valence-electron chi connectivity index (χ0n) is 10.8. The van der Waals surface area contributed by atoms with E-state index in [-0.39, 0.29) is 0 Å². The highest BCUT2D eigenvalue weighted by atomic mass is 32.1. The number of thiophene rings is 1. The van der Waals surface area contributed by atoms with Gasteiger partial charge in [0.1, 0.15) is 11.5 Å². The van der Waals surface area contributed by atoms with Crippen LogP contribution in [0.3, 0.4) is 0 Å². The monoisotopic (exact) mass is 270 g/mol. The molecule has 5 heteroatoms. The van der Waals surface area contributed by atoms with Gasteiger partial charge in [-0.05, 0) is 36.8 Å². The van der Waals surface area contributed by atoms with Gasteiger partial charge in [0.2, 0.25) is 0 Å². The lowest BCUT2D eigenvalue weighted by Gasteiger charge is -2.02. The van der Waals surface area contributed by atoms with Crippen molar-refractivity contribution in [2.24, 2.45) is 7.05 Å². The van der Waals surface area contributed by atoms with Gasteiger partial charge in [0.05, 0.1) is 10.4 Å². The maximum atomic E-state index is 6.16. The lowest BCUT2D eigenvalue weighted by molar-refractivity contribution is 0.783. The number of nitrogens with zero attached hydrogens (tertiary/aromatic N) is 3. The fourth-order valence-corrected chi connectivity index (χ4v) is 2.93. The molecular formula is C14H14N4S. The van der Waals surface area contributed by atoms with E-state index in [2.05, 4.69) is 29.1 Å². The number of aromatic nitrogens is 3. The van der Waals surface area contributed by atoms with Gasteiger partial charge in [0.15, 0.2) is 0 Å². The molecule has 0 atom stereocenters. The minimum Gasteiger partial charge on any atom is -0.383 e. The van der Waals surface area contributed by atoms with Crippen LogP contribution in [0.25, 0.3) is 21.7 Å². The van der Waals surface area contributed by atoms with Crippen molar-refractivity contribution in [2.45, 2.75) is 6.92 Å². The number of anilines is 1. The molecule has 0 aliphatic rings. The predicted octanol–water partition coefficient (Wildman–Crippen LogP) is 3.10. The van der Waals surface area contributed by atoms with Crippen LogP contribution in [0.2, 0.25) is 0 Å². The van der Waals surface area contributed by atoms with Crippen molar-refractivity contribution >= 4 is 17.2 Å². The van der Waals surface area contributed by atoms with Gasteiger partial charge in [0.25, 0.3) is 0 Å². The molecular weight excluding hydrogens is 256 g/mol. The third-order valence-corrected chi connectivity index (χ3v) is 4.04. The van der Waals surface area contributed by atoms with Crippen molar-refractivity contribution in [3.63, 3.8) is 0 Å². The highest BCUT2D eigenvalue weighted by molar-refractivity contribution is 7.15. The number of rotatable bonds is 2. The van der Waals surface area contributed by atoms with Gasteiger partial charge in [-0.1, -0.05) is 0 Å². The Morgan fingerprint density at radius 3 is 2.53 bits per heavy atom. The standard InChI is InChI=1S/C14H14N4S/c1-9-3-4-11(19-9)13-12(14(15)18(2)17-13)10-5-7-16-8-6-10/h3-8H,15H2,1-2H3.